The van der Waals surface area contributed by atoms with E-state index in [0.29, 0.717) is 30.6 Å². The van der Waals surface area contributed by atoms with Crippen LogP contribution < -0.4 is 5.14 Å². The zero-order chi connectivity index (χ0) is 15.6. The molecular formula is C14H20N2O4S. The smallest absolute Gasteiger partial charge is 0.253 e. The molecule has 2 N–H and O–H groups in total. The number of aryl methyl sites for hydroxylation is 1. The number of nitrogens with two attached hydrogens (primary N) is 1. The molecule has 1 aromatic rings. The Kier molecular flexibility index (Phi) is 4.65. The molecule has 0 aromatic heterocycles. The SMILES string of the molecule is CCc1ccc(C(=O)N2CCC(OC)C2)cc1S(N)(=O)=O. The molecule has 0 aliphatic carbocycles. The summed E-state index contributed by atoms with van der Waals surface area (Å²) in [4.78, 5) is 14.1. The van der Waals surface area contributed by atoms with Crippen molar-refractivity contribution in [3.05, 3.63) is 29.3 Å². The molecule has 1 aliphatic rings. The summed E-state index contributed by atoms with van der Waals surface area (Å²) in [5.41, 5.74) is 0.957. The molecule has 7 heteroatoms. The van der Waals surface area contributed by atoms with Crippen LogP contribution in [-0.4, -0.2) is 45.5 Å². The van der Waals surface area contributed by atoms with Crippen LogP contribution in [0.1, 0.15) is 29.3 Å². The number of hydrogen-bond acceptors (Lipinski definition) is 4. The number of hydrogen-bond donors (Lipinski definition) is 1. The summed E-state index contributed by atoms with van der Waals surface area (Å²) in [5, 5.41) is 5.23. The molecule has 0 bridgehead atoms. The summed E-state index contributed by atoms with van der Waals surface area (Å²) in [6.45, 7) is 2.97. The maximum absolute atomic E-state index is 12.4. The van der Waals surface area contributed by atoms with Crippen LogP contribution >= 0.6 is 0 Å². The Balaban J connectivity index is 2.31. The Morgan fingerprint density at radius 3 is 2.71 bits per heavy atom. The van der Waals surface area contributed by atoms with Crippen molar-refractivity contribution in [2.24, 2.45) is 5.14 Å². The summed E-state index contributed by atoms with van der Waals surface area (Å²) in [6, 6.07) is 4.67. The zero-order valence-electron chi connectivity index (χ0n) is 12.2. The van der Waals surface area contributed by atoms with Crippen LogP contribution in [0, 0.1) is 0 Å². The standard InChI is InChI=1S/C14H20N2O4S/c1-3-10-4-5-11(8-13(10)21(15,18)19)14(17)16-7-6-12(9-16)20-2/h4-5,8,12H,3,6-7,9H2,1-2H3,(H2,15,18,19). The number of amides is 1. The second-order valence-electron chi connectivity index (χ2n) is 5.12. The Labute approximate surface area is 124 Å². The van der Waals surface area contributed by atoms with E-state index in [1.54, 1.807) is 24.1 Å². The quantitative estimate of drug-likeness (QED) is 0.888. The maximum Gasteiger partial charge on any atom is 0.253 e. The lowest BCUT2D eigenvalue weighted by molar-refractivity contribution is 0.0724. The van der Waals surface area contributed by atoms with Gasteiger partial charge in [-0.1, -0.05) is 13.0 Å². The van der Waals surface area contributed by atoms with Crippen LogP contribution in [0.5, 0.6) is 0 Å². The second-order valence-corrected chi connectivity index (χ2v) is 6.65. The average molecular weight is 312 g/mol. The van der Waals surface area contributed by atoms with Gasteiger partial charge in [-0.3, -0.25) is 4.79 Å². The number of benzene rings is 1. The number of rotatable bonds is 4. The molecule has 0 spiro atoms. The number of ether oxygens (including phenoxy) is 1. The molecule has 2 rings (SSSR count). The van der Waals surface area contributed by atoms with Crippen LogP contribution in [0.25, 0.3) is 0 Å². The highest BCUT2D eigenvalue weighted by atomic mass is 32.2. The third-order valence-corrected chi connectivity index (χ3v) is 4.76. The average Bonchev–Trinajstić information content (AvgIpc) is 2.93. The summed E-state index contributed by atoms with van der Waals surface area (Å²) in [7, 11) is -2.22. The lowest BCUT2D eigenvalue weighted by Crippen LogP contribution is -2.30. The van der Waals surface area contributed by atoms with E-state index in [-0.39, 0.29) is 16.9 Å². The van der Waals surface area contributed by atoms with E-state index < -0.39 is 10.0 Å². The van der Waals surface area contributed by atoms with Gasteiger partial charge < -0.3 is 9.64 Å². The van der Waals surface area contributed by atoms with Crippen molar-refractivity contribution in [2.45, 2.75) is 30.8 Å². The molecule has 1 aromatic carbocycles. The largest absolute Gasteiger partial charge is 0.380 e. The first-order valence-electron chi connectivity index (χ1n) is 6.84. The fraction of sp³-hybridized carbons (Fsp3) is 0.500. The molecule has 6 nitrogen and oxygen atoms in total. The first kappa shape index (κ1) is 15.9. The highest BCUT2D eigenvalue weighted by Gasteiger charge is 2.27. The van der Waals surface area contributed by atoms with E-state index >= 15 is 0 Å². The van der Waals surface area contributed by atoms with E-state index in [2.05, 4.69) is 0 Å². The molecule has 1 saturated heterocycles. The topological polar surface area (TPSA) is 89.7 Å². The van der Waals surface area contributed by atoms with Gasteiger partial charge in [0.15, 0.2) is 0 Å². The molecule has 0 radical (unpaired) electrons. The molecule has 1 heterocycles. The Morgan fingerprint density at radius 1 is 1.48 bits per heavy atom. The van der Waals surface area contributed by atoms with E-state index in [4.69, 9.17) is 9.88 Å². The minimum Gasteiger partial charge on any atom is -0.380 e. The first-order chi connectivity index (χ1) is 9.86. The monoisotopic (exact) mass is 312 g/mol. The van der Waals surface area contributed by atoms with E-state index in [0.717, 1.165) is 6.42 Å². The summed E-state index contributed by atoms with van der Waals surface area (Å²) in [5.74, 6) is -0.192. The summed E-state index contributed by atoms with van der Waals surface area (Å²) >= 11 is 0. The highest BCUT2D eigenvalue weighted by molar-refractivity contribution is 7.89. The predicted octanol–water partition coefficient (Wildman–Crippen LogP) is 0.757. The van der Waals surface area contributed by atoms with Crippen LogP contribution in [0.3, 0.4) is 0 Å². The van der Waals surface area contributed by atoms with Crippen LogP contribution in [0.2, 0.25) is 0 Å². The molecule has 0 saturated carbocycles. The van der Waals surface area contributed by atoms with Gasteiger partial charge in [-0.05, 0) is 30.5 Å². The predicted molar refractivity (Wildman–Crippen MR) is 78.5 cm³/mol. The normalized spacial score (nSPS) is 19.0. The van der Waals surface area contributed by atoms with Gasteiger partial charge in [-0.25, -0.2) is 13.6 Å². The van der Waals surface area contributed by atoms with Crippen molar-refractivity contribution in [3.63, 3.8) is 0 Å². The van der Waals surface area contributed by atoms with Crippen molar-refractivity contribution in [1.29, 1.82) is 0 Å². The lowest BCUT2D eigenvalue weighted by Gasteiger charge is -2.17. The number of nitrogens with zero attached hydrogens (tertiary/aromatic N) is 1. The Hall–Kier alpha value is -1.44. The fourth-order valence-corrected chi connectivity index (χ4v) is 3.40. The zero-order valence-corrected chi connectivity index (χ0v) is 13.0. The van der Waals surface area contributed by atoms with Crippen molar-refractivity contribution >= 4 is 15.9 Å². The summed E-state index contributed by atoms with van der Waals surface area (Å²) < 4.78 is 28.5. The molecule has 1 aliphatic heterocycles. The molecule has 21 heavy (non-hydrogen) atoms. The van der Waals surface area contributed by atoms with Gasteiger partial charge in [0.1, 0.15) is 0 Å². The van der Waals surface area contributed by atoms with Crippen LogP contribution in [0.4, 0.5) is 0 Å². The van der Waals surface area contributed by atoms with Crippen molar-refractivity contribution in [1.82, 2.24) is 4.90 Å². The number of likely N-dealkylation sites (tertiary alicyclic amines) is 1. The molecule has 1 unspecified atom stereocenters. The first-order valence-corrected chi connectivity index (χ1v) is 8.39. The molecule has 1 fully saturated rings. The van der Waals surface area contributed by atoms with E-state index in [1.807, 2.05) is 6.92 Å². The number of carbonyl (C=O) groups excluding carboxylic acids is 1. The number of sulfonamides is 1. The van der Waals surface area contributed by atoms with Crippen molar-refractivity contribution in [3.8, 4) is 0 Å². The molecule has 1 atom stereocenters. The summed E-state index contributed by atoms with van der Waals surface area (Å²) in [6.07, 6.45) is 1.37. The van der Waals surface area contributed by atoms with Gasteiger partial charge in [-0.2, -0.15) is 0 Å². The number of methoxy groups -OCH3 is 1. The van der Waals surface area contributed by atoms with Gasteiger partial charge in [0, 0.05) is 25.8 Å². The highest BCUT2D eigenvalue weighted by Crippen LogP contribution is 2.20. The van der Waals surface area contributed by atoms with Crippen molar-refractivity contribution < 1.29 is 17.9 Å². The number of carbonyl (C=O) groups is 1. The lowest BCUT2D eigenvalue weighted by atomic mass is 10.1. The van der Waals surface area contributed by atoms with Gasteiger partial charge in [0.05, 0.1) is 11.0 Å². The van der Waals surface area contributed by atoms with Gasteiger partial charge in [-0.15, -0.1) is 0 Å². The van der Waals surface area contributed by atoms with Crippen molar-refractivity contribution in [2.75, 3.05) is 20.2 Å². The minimum atomic E-state index is -3.84. The maximum atomic E-state index is 12.4. The fourth-order valence-electron chi connectivity index (χ4n) is 2.53. The molecular weight excluding hydrogens is 292 g/mol. The van der Waals surface area contributed by atoms with Gasteiger partial charge >= 0.3 is 0 Å². The third-order valence-electron chi connectivity index (χ3n) is 3.77. The van der Waals surface area contributed by atoms with E-state index in [1.165, 1.54) is 6.07 Å². The second kappa shape index (κ2) is 6.13. The van der Waals surface area contributed by atoms with Crippen LogP contribution in [0.15, 0.2) is 23.1 Å². The number of primary sulfonamides is 1. The van der Waals surface area contributed by atoms with Gasteiger partial charge in [0.25, 0.3) is 5.91 Å². The molecule has 116 valence electrons. The van der Waals surface area contributed by atoms with Gasteiger partial charge in [0.2, 0.25) is 10.0 Å². The Bertz CT molecular complexity index is 642. The minimum absolute atomic E-state index is 0.0262. The molecule has 1 amide bonds. The van der Waals surface area contributed by atoms with Crippen LogP contribution in [-0.2, 0) is 21.2 Å². The third kappa shape index (κ3) is 3.42. The Morgan fingerprint density at radius 2 is 2.19 bits per heavy atom. The van der Waals surface area contributed by atoms with E-state index in [9.17, 15) is 13.2 Å².